The molecule has 0 fully saturated rings. The molecule has 9 nitrogen and oxygen atoms in total. The molecule has 378 valence electrons. The lowest BCUT2D eigenvalue weighted by molar-refractivity contribution is -0.137. The van der Waals surface area contributed by atoms with Crippen molar-refractivity contribution in [1.82, 2.24) is 39.0 Å². The minimum Gasteiger partial charge on any atom is -0.309 e. The van der Waals surface area contributed by atoms with E-state index in [0.29, 0.717) is 95.4 Å². The lowest BCUT2D eigenvalue weighted by atomic mass is 9.96. The van der Waals surface area contributed by atoms with E-state index >= 15 is 13.2 Å². The van der Waals surface area contributed by atoms with Gasteiger partial charge in [-0.15, -0.1) is 0 Å². The average molecular weight is 1040 g/mol. The molecule has 4 aromatic heterocycles. The van der Waals surface area contributed by atoms with Crippen LogP contribution in [0.4, 0.5) is 13.2 Å². The van der Waals surface area contributed by atoms with Gasteiger partial charge >= 0.3 is 6.18 Å². The Morgan fingerprint density at radius 1 is 0.325 bits per heavy atom. The quantitative estimate of drug-likeness (QED) is 0.142. The number of aromatic nitrogens is 8. The van der Waals surface area contributed by atoms with Crippen LogP contribution in [-0.2, 0) is 6.18 Å². The molecule has 0 N–H and O–H groups in total. The van der Waals surface area contributed by atoms with E-state index < -0.39 is 11.7 Å². The van der Waals surface area contributed by atoms with Gasteiger partial charge in [0.1, 0.15) is 5.56 Å². The molecule has 0 amide bonds. The van der Waals surface area contributed by atoms with Gasteiger partial charge in [0.05, 0.1) is 45.1 Å². The number of alkyl halides is 3. The first-order valence-electron chi connectivity index (χ1n) is 25.8. The van der Waals surface area contributed by atoms with Gasteiger partial charge in [-0.3, -0.25) is 0 Å². The fourth-order valence-electron chi connectivity index (χ4n) is 10.9. The molecule has 0 aliphatic carbocycles. The van der Waals surface area contributed by atoms with Gasteiger partial charge in [-0.05, 0) is 72.3 Å². The van der Waals surface area contributed by atoms with Crippen molar-refractivity contribution < 1.29 is 13.2 Å². The zero-order valence-electron chi connectivity index (χ0n) is 42.3. The van der Waals surface area contributed by atoms with Crippen molar-refractivity contribution in [1.29, 1.82) is 5.26 Å². The maximum Gasteiger partial charge on any atom is 0.420 e. The Labute approximate surface area is 455 Å². The number of fused-ring (bicyclic) bond motifs is 6. The molecular weight excluding hydrogens is 1000 g/mol. The number of halogens is 3. The number of benzene rings is 10. The van der Waals surface area contributed by atoms with Crippen LogP contribution in [0.15, 0.2) is 243 Å². The first-order chi connectivity index (χ1) is 39.3. The summed E-state index contributed by atoms with van der Waals surface area (Å²) in [5, 5.41) is 13.0. The van der Waals surface area contributed by atoms with E-state index in [1.165, 1.54) is 0 Å². The Balaban J connectivity index is 1.01. The van der Waals surface area contributed by atoms with Gasteiger partial charge in [0.15, 0.2) is 34.9 Å². The Morgan fingerprint density at radius 2 is 0.700 bits per heavy atom. The second kappa shape index (κ2) is 19.3. The highest BCUT2D eigenvalue weighted by atomic mass is 19.4. The van der Waals surface area contributed by atoms with Gasteiger partial charge in [0.2, 0.25) is 0 Å². The van der Waals surface area contributed by atoms with Gasteiger partial charge in [-0.25, -0.2) is 29.9 Å². The fraction of sp³-hybridized carbons (Fsp3) is 0.0147. The number of hydrogen-bond donors (Lipinski definition) is 0. The van der Waals surface area contributed by atoms with Crippen LogP contribution in [-0.4, -0.2) is 39.0 Å². The second-order valence-corrected chi connectivity index (χ2v) is 19.3. The molecule has 14 aromatic rings. The third-order valence-electron chi connectivity index (χ3n) is 14.5. The van der Waals surface area contributed by atoms with Crippen molar-refractivity contribution in [3.05, 3.63) is 254 Å². The minimum absolute atomic E-state index is 0.0841. The van der Waals surface area contributed by atoms with Crippen LogP contribution in [0.2, 0.25) is 0 Å². The molecule has 0 atom stereocenters. The molecule has 0 saturated heterocycles. The number of nitrogens with zero attached hydrogens (tertiary/aromatic N) is 9. The molecule has 10 aromatic carbocycles. The predicted octanol–water partition coefficient (Wildman–Crippen LogP) is 16.8. The summed E-state index contributed by atoms with van der Waals surface area (Å²) >= 11 is 0. The predicted molar refractivity (Wildman–Crippen MR) is 310 cm³/mol. The normalized spacial score (nSPS) is 11.7. The average Bonchev–Trinajstić information content (AvgIpc) is 4.17. The molecule has 80 heavy (non-hydrogen) atoms. The topological polar surface area (TPSA) is 111 Å². The van der Waals surface area contributed by atoms with Crippen molar-refractivity contribution in [3.8, 4) is 96.9 Å². The monoisotopic (exact) mass is 1040 g/mol. The highest BCUT2D eigenvalue weighted by molar-refractivity contribution is 6.13. The summed E-state index contributed by atoms with van der Waals surface area (Å²) in [5.74, 6) is 2.75. The van der Waals surface area contributed by atoms with E-state index in [0.717, 1.165) is 27.6 Å². The summed E-state index contributed by atoms with van der Waals surface area (Å²) in [4.78, 5) is 29.7. The Morgan fingerprint density at radius 3 is 1.14 bits per heavy atom. The Bertz CT molecular complexity index is 4650. The molecule has 0 aliphatic heterocycles. The van der Waals surface area contributed by atoms with Crippen LogP contribution in [0.1, 0.15) is 11.1 Å². The van der Waals surface area contributed by atoms with Gasteiger partial charge in [-0.2, -0.15) is 18.4 Å². The number of para-hydroxylation sites is 2. The standard InChI is InChI=1S/C68H40F3N9/c69-68(70,71)60-59(79-55-30-15-13-28-51(55)53-39-48(32-35-57(53)79)66-75-62(43-19-5-1-6-20-43)73-63(76-66)44-21-7-2-8-22-44)37-34-50(47-27-17-18-42(38-47)41-72)61(60)80-56-31-16-14-29-52(56)54-40-49(33-36-58(54)80)67-77-64(45-23-9-3-10-24-45)74-65(78-67)46-25-11-4-12-26-46/h1-40H. The maximum atomic E-state index is 17.1. The highest BCUT2D eigenvalue weighted by Gasteiger charge is 2.40. The van der Waals surface area contributed by atoms with E-state index in [9.17, 15) is 5.26 Å². The number of rotatable bonds is 9. The van der Waals surface area contributed by atoms with Crippen LogP contribution in [0.25, 0.3) is 134 Å². The van der Waals surface area contributed by atoms with E-state index in [1.54, 1.807) is 45.5 Å². The highest BCUT2D eigenvalue weighted by Crippen LogP contribution is 2.48. The summed E-state index contributed by atoms with van der Waals surface area (Å²) < 4.78 is 54.7. The molecule has 0 spiro atoms. The lowest BCUT2D eigenvalue weighted by Gasteiger charge is -2.24. The third-order valence-corrected chi connectivity index (χ3v) is 14.5. The van der Waals surface area contributed by atoms with Crippen molar-refractivity contribution in [2.45, 2.75) is 6.18 Å². The SMILES string of the molecule is N#Cc1cccc(-c2ccc(-n3c4ccccc4c4cc(-c5nc(-c6ccccc6)nc(-c6ccccc6)n5)ccc43)c(C(F)(F)F)c2-n2c3ccccc3c3cc(-c4nc(-c5ccccc5)nc(-c5ccccc5)n4)ccc32)c1. The minimum atomic E-state index is -4.94. The van der Waals surface area contributed by atoms with Crippen molar-refractivity contribution in [2.24, 2.45) is 0 Å². The molecule has 0 bridgehead atoms. The van der Waals surface area contributed by atoms with Gasteiger partial charge in [0.25, 0.3) is 0 Å². The van der Waals surface area contributed by atoms with Gasteiger partial charge in [0, 0.05) is 60.5 Å². The van der Waals surface area contributed by atoms with Crippen molar-refractivity contribution >= 4 is 43.6 Å². The van der Waals surface area contributed by atoms with Gasteiger partial charge < -0.3 is 9.13 Å². The molecule has 0 saturated carbocycles. The van der Waals surface area contributed by atoms with E-state index in [4.69, 9.17) is 29.9 Å². The third kappa shape index (κ3) is 8.29. The largest absolute Gasteiger partial charge is 0.420 e. The summed E-state index contributed by atoms with van der Waals surface area (Å²) in [7, 11) is 0. The van der Waals surface area contributed by atoms with Crippen molar-refractivity contribution in [3.63, 3.8) is 0 Å². The summed E-state index contributed by atoms with van der Waals surface area (Å²) in [6, 6.07) is 77.2. The zero-order valence-corrected chi connectivity index (χ0v) is 42.3. The van der Waals surface area contributed by atoms with E-state index in [1.807, 2.05) is 206 Å². The van der Waals surface area contributed by atoms with Crippen LogP contribution < -0.4 is 0 Å². The number of hydrogen-bond acceptors (Lipinski definition) is 7. The summed E-state index contributed by atoms with van der Waals surface area (Å²) in [5.41, 5.74) is 6.69. The molecule has 12 heteroatoms. The summed E-state index contributed by atoms with van der Waals surface area (Å²) in [6.45, 7) is 0. The van der Waals surface area contributed by atoms with E-state index in [2.05, 4.69) is 6.07 Å². The van der Waals surface area contributed by atoms with Gasteiger partial charge in [-0.1, -0.05) is 176 Å². The number of nitriles is 1. The first kappa shape index (κ1) is 47.5. The Hall–Kier alpha value is -10.9. The molecular formula is C68H40F3N9. The summed E-state index contributed by atoms with van der Waals surface area (Å²) in [6.07, 6.45) is -4.94. The smallest absolute Gasteiger partial charge is 0.309 e. The molecule has 4 heterocycles. The zero-order chi connectivity index (χ0) is 53.9. The Kier molecular flexibility index (Phi) is 11.5. The molecule has 0 aliphatic rings. The molecule has 0 radical (unpaired) electrons. The fourth-order valence-corrected chi connectivity index (χ4v) is 10.9. The lowest BCUT2D eigenvalue weighted by Crippen LogP contribution is -2.16. The first-order valence-corrected chi connectivity index (χ1v) is 25.8. The van der Waals surface area contributed by atoms with Crippen LogP contribution in [0.3, 0.4) is 0 Å². The van der Waals surface area contributed by atoms with Crippen molar-refractivity contribution in [2.75, 3.05) is 0 Å². The molecule has 0 unspecified atom stereocenters. The second-order valence-electron chi connectivity index (χ2n) is 19.3. The van der Waals surface area contributed by atoms with Crippen LogP contribution >= 0.6 is 0 Å². The molecule has 14 rings (SSSR count). The van der Waals surface area contributed by atoms with Crippen LogP contribution in [0.5, 0.6) is 0 Å². The van der Waals surface area contributed by atoms with Crippen LogP contribution in [0, 0.1) is 11.3 Å². The maximum absolute atomic E-state index is 17.1. The van der Waals surface area contributed by atoms with E-state index in [-0.39, 0.29) is 16.9 Å².